The molecule has 1 nitrogen and oxygen atoms in total. The minimum atomic E-state index is 0.565. The molecule has 0 amide bonds. The van der Waals surface area contributed by atoms with E-state index in [1.165, 1.54) is 9.13 Å². The SMILES string of the molecule is C=CCOc1ccc(C(C)C)c(I)c1. The van der Waals surface area contributed by atoms with Gasteiger partial charge in [0, 0.05) is 3.57 Å². The summed E-state index contributed by atoms with van der Waals surface area (Å²) >= 11 is 2.35. The molecule has 0 aliphatic carbocycles. The summed E-state index contributed by atoms with van der Waals surface area (Å²) < 4.78 is 6.71. The van der Waals surface area contributed by atoms with E-state index >= 15 is 0 Å². The summed E-state index contributed by atoms with van der Waals surface area (Å²) in [5.41, 5.74) is 1.37. The first-order valence-electron chi connectivity index (χ1n) is 4.68. The molecule has 0 aliphatic heterocycles. The lowest BCUT2D eigenvalue weighted by Crippen LogP contribution is -1.96. The molecular weight excluding hydrogens is 287 g/mol. The summed E-state index contributed by atoms with van der Waals surface area (Å²) in [5.74, 6) is 1.48. The molecule has 0 saturated heterocycles. The molecule has 0 atom stereocenters. The van der Waals surface area contributed by atoms with Crippen LogP contribution in [-0.4, -0.2) is 6.61 Å². The van der Waals surface area contributed by atoms with Crippen molar-refractivity contribution >= 4 is 22.6 Å². The largest absolute Gasteiger partial charge is 0.490 e. The third kappa shape index (κ3) is 3.01. The van der Waals surface area contributed by atoms with Gasteiger partial charge < -0.3 is 4.74 Å². The van der Waals surface area contributed by atoms with Crippen molar-refractivity contribution in [1.82, 2.24) is 0 Å². The molecule has 0 aromatic heterocycles. The van der Waals surface area contributed by atoms with E-state index in [1.807, 2.05) is 6.07 Å². The van der Waals surface area contributed by atoms with Gasteiger partial charge in [0.2, 0.25) is 0 Å². The first-order valence-corrected chi connectivity index (χ1v) is 5.76. The van der Waals surface area contributed by atoms with Crippen LogP contribution in [-0.2, 0) is 0 Å². The van der Waals surface area contributed by atoms with Gasteiger partial charge in [-0.25, -0.2) is 0 Å². The van der Waals surface area contributed by atoms with Crippen LogP contribution in [0.15, 0.2) is 30.9 Å². The van der Waals surface area contributed by atoms with E-state index in [-0.39, 0.29) is 0 Å². The number of hydrogen-bond donors (Lipinski definition) is 0. The lowest BCUT2D eigenvalue weighted by molar-refractivity contribution is 0.363. The van der Waals surface area contributed by atoms with Crippen molar-refractivity contribution in [3.63, 3.8) is 0 Å². The Bertz CT molecular complexity index is 318. The van der Waals surface area contributed by atoms with Crippen molar-refractivity contribution in [1.29, 1.82) is 0 Å². The standard InChI is InChI=1S/C12H15IO/c1-4-7-14-10-5-6-11(9(2)3)12(13)8-10/h4-6,8-9H,1,7H2,2-3H3. The highest BCUT2D eigenvalue weighted by atomic mass is 127. The normalized spacial score (nSPS) is 10.3. The van der Waals surface area contributed by atoms with Crippen molar-refractivity contribution in [2.75, 3.05) is 6.61 Å². The van der Waals surface area contributed by atoms with Gasteiger partial charge in [0.25, 0.3) is 0 Å². The number of ether oxygens (including phenoxy) is 1. The third-order valence-corrected chi connectivity index (χ3v) is 2.90. The topological polar surface area (TPSA) is 9.23 Å². The van der Waals surface area contributed by atoms with Gasteiger partial charge in [0.05, 0.1) is 0 Å². The van der Waals surface area contributed by atoms with Gasteiger partial charge in [-0.15, -0.1) is 0 Å². The molecule has 0 aliphatic rings. The summed E-state index contributed by atoms with van der Waals surface area (Å²) in [6.45, 7) is 8.58. The summed E-state index contributed by atoms with van der Waals surface area (Å²) in [5, 5.41) is 0. The Balaban J connectivity index is 2.83. The second-order valence-electron chi connectivity index (χ2n) is 3.44. The van der Waals surface area contributed by atoms with Gasteiger partial charge in [-0.05, 0) is 46.2 Å². The average Bonchev–Trinajstić information content (AvgIpc) is 2.14. The Labute approximate surface area is 99.3 Å². The smallest absolute Gasteiger partial charge is 0.120 e. The molecular formula is C12H15IO. The van der Waals surface area contributed by atoms with E-state index in [0.29, 0.717) is 12.5 Å². The number of hydrogen-bond acceptors (Lipinski definition) is 1. The zero-order valence-corrected chi connectivity index (χ0v) is 10.7. The third-order valence-electron chi connectivity index (χ3n) is 1.96. The van der Waals surface area contributed by atoms with Crippen molar-refractivity contribution in [3.05, 3.63) is 40.0 Å². The lowest BCUT2D eigenvalue weighted by atomic mass is 10.0. The average molecular weight is 302 g/mol. The minimum Gasteiger partial charge on any atom is -0.490 e. The van der Waals surface area contributed by atoms with Crippen LogP contribution >= 0.6 is 22.6 Å². The molecule has 1 aromatic carbocycles. The van der Waals surface area contributed by atoms with E-state index in [0.717, 1.165) is 5.75 Å². The zero-order valence-electron chi connectivity index (χ0n) is 8.59. The lowest BCUT2D eigenvalue weighted by Gasteiger charge is -2.10. The summed E-state index contributed by atoms with van der Waals surface area (Å²) in [4.78, 5) is 0. The van der Waals surface area contributed by atoms with Crippen LogP contribution in [0.25, 0.3) is 0 Å². The maximum absolute atomic E-state index is 5.45. The Hall–Kier alpha value is -0.510. The van der Waals surface area contributed by atoms with Gasteiger partial charge in [-0.2, -0.15) is 0 Å². The van der Waals surface area contributed by atoms with Crippen LogP contribution in [0, 0.1) is 3.57 Å². The maximum Gasteiger partial charge on any atom is 0.120 e. The predicted octanol–water partition coefficient (Wildman–Crippen LogP) is 3.98. The highest BCUT2D eigenvalue weighted by Gasteiger charge is 2.05. The fraction of sp³-hybridized carbons (Fsp3) is 0.333. The van der Waals surface area contributed by atoms with Crippen LogP contribution in [0.3, 0.4) is 0 Å². The van der Waals surface area contributed by atoms with E-state index in [9.17, 15) is 0 Å². The van der Waals surface area contributed by atoms with Crippen LogP contribution in [0.5, 0.6) is 5.75 Å². The van der Waals surface area contributed by atoms with Crippen molar-refractivity contribution in [2.24, 2.45) is 0 Å². The highest BCUT2D eigenvalue weighted by Crippen LogP contribution is 2.25. The molecule has 0 spiro atoms. The van der Waals surface area contributed by atoms with E-state index in [4.69, 9.17) is 4.74 Å². The number of benzene rings is 1. The van der Waals surface area contributed by atoms with E-state index < -0.39 is 0 Å². The van der Waals surface area contributed by atoms with Crippen LogP contribution in [0.1, 0.15) is 25.3 Å². The molecule has 2 heteroatoms. The molecule has 14 heavy (non-hydrogen) atoms. The molecule has 0 N–H and O–H groups in total. The maximum atomic E-state index is 5.45. The molecule has 0 bridgehead atoms. The van der Waals surface area contributed by atoms with Gasteiger partial charge in [0.15, 0.2) is 0 Å². The Morgan fingerprint density at radius 2 is 2.21 bits per heavy atom. The predicted molar refractivity (Wildman–Crippen MR) is 68.9 cm³/mol. The fourth-order valence-electron chi connectivity index (χ4n) is 1.22. The van der Waals surface area contributed by atoms with E-state index in [2.05, 4.69) is 55.2 Å². The van der Waals surface area contributed by atoms with Gasteiger partial charge >= 0.3 is 0 Å². The molecule has 1 aromatic rings. The first-order chi connectivity index (χ1) is 6.65. The Kier molecular flexibility index (Phi) is 4.45. The van der Waals surface area contributed by atoms with Crippen LogP contribution in [0.4, 0.5) is 0 Å². The van der Waals surface area contributed by atoms with Crippen LogP contribution in [0.2, 0.25) is 0 Å². The van der Waals surface area contributed by atoms with Gasteiger partial charge in [-0.3, -0.25) is 0 Å². The molecule has 76 valence electrons. The van der Waals surface area contributed by atoms with Gasteiger partial charge in [0.1, 0.15) is 12.4 Å². The first kappa shape index (κ1) is 11.6. The Morgan fingerprint density at radius 1 is 1.50 bits per heavy atom. The molecule has 1 rings (SSSR count). The van der Waals surface area contributed by atoms with E-state index in [1.54, 1.807) is 6.08 Å². The molecule has 0 heterocycles. The van der Waals surface area contributed by atoms with Crippen LogP contribution < -0.4 is 4.74 Å². The Morgan fingerprint density at radius 3 is 2.71 bits per heavy atom. The van der Waals surface area contributed by atoms with Crippen molar-refractivity contribution in [2.45, 2.75) is 19.8 Å². The van der Waals surface area contributed by atoms with Gasteiger partial charge in [-0.1, -0.05) is 32.6 Å². The second-order valence-corrected chi connectivity index (χ2v) is 4.60. The summed E-state index contributed by atoms with van der Waals surface area (Å²) in [7, 11) is 0. The van der Waals surface area contributed by atoms with Crippen molar-refractivity contribution in [3.8, 4) is 5.75 Å². The number of halogens is 1. The summed E-state index contributed by atoms with van der Waals surface area (Å²) in [6, 6.07) is 6.21. The molecule has 0 fully saturated rings. The zero-order chi connectivity index (χ0) is 10.6. The quantitative estimate of drug-likeness (QED) is 0.604. The monoisotopic (exact) mass is 302 g/mol. The number of rotatable bonds is 4. The highest BCUT2D eigenvalue weighted by molar-refractivity contribution is 14.1. The molecule has 0 radical (unpaired) electrons. The molecule has 0 saturated carbocycles. The summed E-state index contributed by atoms with van der Waals surface area (Å²) in [6.07, 6.45) is 1.75. The minimum absolute atomic E-state index is 0.565. The van der Waals surface area contributed by atoms with Crippen molar-refractivity contribution < 1.29 is 4.74 Å². The fourth-order valence-corrected chi connectivity index (χ4v) is 2.33. The molecule has 0 unspecified atom stereocenters. The second kappa shape index (κ2) is 5.39.